The zero-order chi connectivity index (χ0) is 19.4. The lowest BCUT2D eigenvalue weighted by molar-refractivity contribution is 0.308. The fraction of sp³-hybridized carbons (Fsp3) is 0.174. The van der Waals surface area contributed by atoms with Crippen molar-refractivity contribution >= 4 is 0 Å². The van der Waals surface area contributed by atoms with Gasteiger partial charge in [-0.15, -0.1) is 0 Å². The summed E-state index contributed by atoms with van der Waals surface area (Å²) in [5, 5.41) is 0. The molecule has 0 unspecified atom stereocenters. The largest absolute Gasteiger partial charge is 0.489 e. The normalized spacial score (nSPS) is 15.4. The van der Waals surface area contributed by atoms with E-state index in [4.69, 9.17) is 15.2 Å². The van der Waals surface area contributed by atoms with Crippen LogP contribution in [0.25, 0.3) is 0 Å². The molecule has 0 saturated heterocycles. The zero-order valence-electron chi connectivity index (χ0n) is 15.8. The molecule has 0 aromatic carbocycles. The van der Waals surface area contributed by atoms with Crippen LogP contribution < -0.4 is 5.73 Å². The molecule has 26 heavy (non-hydrogen) atoms. The van der Waals surface area contributed by atoms with E-state index in [2.05, 4.69) is 24.2 Å². The molecule has 0 fully saturated rings. The summed E-state index contributed by atoms with van der Waals surface area (Å²) in [6, 6.07) is 0. The Morgan fingerprint density at radius 2 is 1.96 bits per heavy atom. The standard InChI is InChI=1S/C23H25NO2/c1-6-9-23(16-12-18(3)24)26-19(4)13-14-20(7-2)21-10-8-11-22(25-5)17-15-21/h7-8,10,12-17H,2,24H2,1,3-5H3/b18-12+,19-13+,20-14+,23-16+. The van der Waals surface area contributed by atoms with E-state index in [0.717, 1.165) is 11.1 Å². The average Bonchev–Trinajstić information content (AvgIpc) is 2.86. The molecule has 1 aliphatic rings. The van der Waals surface area contributed by atoms with E-state index in [9.17, 15) is 0 Å². The smallest absolute Gasteiger partial charge is 0.176 e. The third kappa shape index (κ3) is 7.49. The first-order valence-electron chi connectivity index (χ1n) is 8.15. The molecule has 0 radical (unpaired) electrons. The lowest BCUT2D eigenvalue weighted by Gasteiger charge is -2.05. The quantitative estimate of drug-likeness (QED) is 0.306. The van der Waals surface area contributed by atoms with Gasteiger partial charge in [-0.25, -0.2) is 0 Å². The minimum atomic E-state index is 0.532. The summed E-state index contributed by atoms with van der Waals surface area (Å²) in [6.45, 7) is 9.31. The van der Waals surface area contributed by atoms with Crippen molar-refractivity contribution < 1.29 is 9.47 Å². The summed E-state index contributed by atoms with van der Waals surface area (Å²) in [5.41, 5.74) is 11.3. The second-order valence-electron chi connectivity index (χ2n) is 5.36. The summed E-state index contributed by atoms with van der Waals surface area (Å²) in [4.78, 5) is 0. The van der Waals surface area contributed by atoms with Crippen LogP contribution in [0.2, 0.25) is 0 Å². The molecule has 0 atom stereocenters. The summed E-state index contributed by atoms with van der Waals surface area (Å²) in [5.74, 6) is 7.64. The molecule has 134 valence electrons. The minimum absolute atomic E-state index is 0.532. The van der Waals surface area contributed by atoms with Gasteiger partial charge in [0.1, 0.15) is 5.76 Å². The van der Waals surface area contributed by atoms with Crippen molar-refractivity contribution in [3.63, 3.8) is 0 Å². The van der Waals surface area contributed by atoms with Crippen LogP contribution in [0.3, 0.4) is 0 Å². The van der Waals surface area contributed by atoms with E-state index in [-0.39, 0.29) is 0 Å². The topological polar surface area (TPSA) is 44.5 Å². The third-order valence-electron chi connectivity index (χ3n) is 3.19. The Kier molecular flexibility index (Phi) is 8.96. The first-order chi connectivity index (χ1) is 12.5. The predicted molar refractivity (Wildman–Crippen MR) is 108 cm³/mol. The Labute approximate surface area is 156 Å². The lowest BCUT2D eigenvalue weighted by Crippen LogP contribution is -1.91. The number of allylic oxidation sites excluding steroid dienone is 13. The van der Waals surface area contributed by atoms with E-state index in [1.54, 1.807) is 32.3 Å². The van der Waals surface area contributed by atoms with Gasteiger partial charge in [0, 0.05) is 5.70 Å². The van der Waals surface area contributed by atoms with Gasteiger partial charge in [-0.2, -0.15) is 0 Å². The number of hydrogen-bond donors (Lipinski definition) is 1. The molecular formula is C23H25NO2. The van der Waals surface area contributed by atoms with Crippen LogP contribution in [0.1, 0.15) is 20.8 Å². The van der Waals surface area contributed by atoms with Crippen molar-refractivity contribution in [2.75, 3.05) is 7.11 Å². The molecule has 0 spiro atoms. The van der Waals surface area contributed by atoms with Gasteiger partial charge < -0.3 is 15.2 Å². The molecule has 0 aliphatic heterocycles. The Morgan fingerprint density at radius 3 is 2.58 bits per heavy atom. The summed E-state index contributed by atoms with van der Waals surface area (Å²) in [7, 11) is 1.62. The van der Waals surface area contributed by atoms with Crippen molar-refractivity contribution in [2.45, 2.75) is 20.8 Å². The van der Waals surface area contributed by atoms with Crippen LogP contribution >= 0.6 is 0 Å². The van der Waals surface area contributed by atoms with E-state index in [0.29, 0.717) is 23.0 Å². The van der Waals surface area contributed by atoms with Crippen LogP contribution in [0.15, 0.2) is 101 Å². The number of nitrogens with two attached hydrogens (primary N) is 1. The number of methoxy groups -OCH3 is 1. The van der Waals surface area contributed by atoms with Gasteiger partial charge >= 0.3 is 0 Å². The maximum Gasteiger partial charge on any atom is 0.176 e. The third-order valence-corrected chi connectivity index (χ3v) is 3.19. The maximum atomic E-state index is 5.77. The van der Waals surface area contributed by atoms with Crippen LogP contribution in [0.4, 0.5) is 0 Å². The average molecular weight is 347 g/mol. The summed E-state index contributed by atoms with van der Waals surface area (Å²) in [6.07, 6.45) is 16.7. The Balaban J connectivity index is 2.99. The van der Waals surface area contributed by atoms with Crippen molar-refractivity contribution in [3.05, 3.63) is 101 Å². The van der Waals surface area contributed by atoms with Gasteiger partial charge in [-0.3, -0.25) is 0 Å². The van der Waals surface area contributed by atoms with Crippen molar-refractivity contribution in [2.24, 2.45) is 5.73 Å². The number of hydrogen-bond acceptors (Lipinski definition) is 3. The second-order valence-corrected chi connectivity index (χ2v) is 5.36. The van der Waals surface area contributed by atoms with E-state index < -0.39 is 0 Å². The predicted octanol–water partition coefficient (Wildman–Crippen LogP) is 4.97. The van der Waals surface area contributed by atoms with Gasteiger partial charge in [-0.05, 0) is 74.3 Å². The SMILES string of the molecule is C=C/C(=C\C=C(/C)O/C(C#CC)=C/C=C(\C)N)C1=CC=C=C(OC)C=C1. The van der Waals surface area contributed by atoms with Crippen molar-refractivity contribution in [1.29, 1.82) is 0 Å². The fourth-order valence-electron chi connectivity index (χ4n) is 1.93. The van der Waals surface area contributed by atoms with Crippen LogP contribution in [0.5, 0.6) is 0 Å². The van der Waals surface area contributed by atoms with Crippen molar-refractivity contribution in [1.82, 2.24) is 0 Å². The minimum Gasteiger partial charge on any atom is -0.489 e. The fourth-order valence-corrected chi connectivity index (χ4v) is 1.93. The molecule has 3 heteroatoms. The monoisotopic (exact) mass is 347 g/mol. The van der Waals surface area contributed by atoms with Gasteiger partial charge in [0.15, 0.2) is 11.5 Å². The molecule has 3 nitrogen and oxygen atoms in total. The molecule has 0 amide bonds. The number of rotatable bonds is 7. The van der Waals surface area contributed by atoms with Crippen LogP contribution in [-0.2, 0) is 9.47 Å². The molecule has 1 rings (SSSR count). The maximum absolute atomic E-state index is 5.77. The molecule has 2 N–H and O–H groups in total. The highest BCUT2D eigenvalue weighted by molar-refractivity contribution is 5.51. The van der Waals surface area contributed by atoms with Gasteiger partial charge in [0.2, 0.25) is 0 Å². The molecule has 0 heterocycles. The molecule has 0 aromatic heterocycles. The molecule has 0 saturated carbocycles. The number of ether oxygens (including phenoxy) is 2. The van der Waals surface area contributed by atoms with E-state index >= 15 is 0 Å². The first kappa shape index (κ1) is 20.7. The molecular weight excluding hydrogens is 322 g/mol. The lowest BCUT2D eigenvalue weighted by atomic mass is 10.0. The van der Waals surface area contributed by atoms with Crippen LogP contribution in [0, 0.1) is 11.8 Å². The Hall–Kier alpha value is -3.34. The molecule has 0 aromatic rings. The highest BCUT2D eigenvalue weighted by Crippen LogP contribution is 2.17. The summed E-state index contributed by atoms with van der Waals surface area (Å²) >= 11 is 0. The highest BCUT2D eigenvalue weighted by Gasteiger charge is 2.00. The van der Waals surface area contributed by atoms with E-state index in [1.807, 2.05) is 50.3 Å². The summed E-state index contributed by atoms with van der Waals surface area (Å²) < 4.78 is 11.0. The Morgan fingerprint density at radius 1 is 1.19 bits per heavy atom. The van der Waals surface area contributed by atoms with Crippen molar-refractivity contribution in [3.8, 4) is 11.8 Å². The molecule has 1 aliphatic carbocycles. The first-order valence-corrected chi connectivity index (χ1v) is 8.15. The second kappa shape index (κ2) is 11.3. The van der Waals surface area contributed by atoms with Gasteiger partial charge in [0.25, 0.3) is 0 Å². The van der Waals surface area contributed by atoms with Crippen LogP contribution in [-0.4, -0.2) is 7.11 Å². The molecule has 0 bridgehead atoms. The van der Waals surface area contributed by atoms with Gasteiger partial charge in [-0.1, -0.05) is 36.5 Å². The highest BCUT2D eigenvalue weighted by atomic mass is 16.5. The Bertz CT molecular complexity index is 836. The zero-order valence-corrected chi connectivity index (χ0v) is 15.8. The van der Waals surface area contributed by atoms with Gasteiger partial charge in [0.05, 0.1) is 7.11 Å². The van der Waals surface area contributed by atoms with E-state index in [1.165, 1.54) is 0 Å².